The Bertz CT molecular complexity index is 1310. The number of rotatable bonds is 6. The maximum atomic E-state index is 11.5. The molecule has 0 saturated carbocycles. The second-order valence-electron chi connectivity index (χ2n) is 7.55. The van der Waals surface area contributed by atoms with Crippen LogP contribution in [0.1, 0.15) is 27.2 Å². The Hall–Kier alpha value is -3.02. The number of halogens is 2. The summed E-state index contributed by atoms with van der Waals surface area (Å²) in [6, 6.07) is 22.6. The van der Waals surface area contributed by atoms with Crippen molar-refractivity contribution in [3.8, 4) is 22.7 Å². The predicted octanol–water partition coefficient (Wildman–Crippen LogP) is 7.45. The third-order valence-electron chi connectivity index (χ3n) is 5.33. The summed E-state index contributed by atoms with van der Waals surface area (Å²) in [7, 11) is 0. The molecule has 1 heterocycles. The fourth-order valence-electron chi connectivity index (χ4n) is 3.67. The van der Waals surface area contributed by atoms with Gasteiger partial charge in [0.15, 0.2) is 0 Å². The molecule has 0 radical (unpaired) electrons. The molecule has 0 amide bonds. The number of ether oxygens (including phenoxy) is 1. The van der Waals surface area contributed by atoms with E-state index in [4.69, 9.17) is 16.3 Å². The monoisotopic (exact) mass is 509 g/mol. The van der Waals surface area contributed by atoms with Crippen molar-refractivity contribution in [2.45, 2.75) is 20.5 Å². The van der Waals surface area contributed by atoms with E-state index < -0.39 is 5.97 Å². The quantitative estimate of drug-likeness (QED) is 0.293. The van der Waals surface area contributed by atoms with E-state index in [-0.39, 0.29) is 5.56 Å². The van der Waals surface area contributed by atoms with Crippen LogP contribution in [0.3, 0.4) is 0 Å². The maximum Gasteiger partial charge on any atom is 0.335 e. The second-order valence-corrected chi connectivity index (χ2v) is 8.90. The molecule has 0 unspecified atom stereocenters. The van der Waals surface area contributed by atoms with Crippen molar-refractivity contribution in [2.75, 3.05) is 0 Å². The van der Waals surface area contributed by atoms with Gasteiger partial charge in [0.05, 0.1) is 11.3 Å². The Kier molecular flexibility index (Phi) is 6.40. The first-order valence-corrected chi connectivity index (χ1v) is 11.2. The van der Waals surface area contributed by atoms with Gasteiger partial charge >= 0.3 is 5.97 Å². The average Bonchev–Trinajstić information content (AvgIpc) is 3.15. The summed E-state index contributed by atoms with van der Waals surface area (Å²) >= 11 is 9.65. The van der Waals surface area contributed by atoms with Gasteiger partial charge in [-0.25, -0.2) is 4.79 Å². The van der Waals surface area contributed by atoms with Crippen LogP contribution in [0.4, 0.5) is 0 Å². The molecule has 0 spiro atoms. The van der Waals surface area contributed by atoms with E-state index in [9.17, 15) is 9.90 Å². The SMILES string of the molecule is Cc1cc(Cl)ccc1COc1ccc(Br)cc1-c1ccc(C)n1-c1cccc(C(=O)O)c1. The lowest BCUT2D eigenvalue weighted by Crippen LogP contribution is -2.04. The Morgan fingerprint density at radius 3 is 2.59 bits per heavy atom. The van der Waals surface area contributed by atoms with Crippen molar-refractivity contribution in [1.29, 1.82) is 0 Å². The number of aromatic carboxylic acids is 1. The Balaban J connectivity index is 1.76. The summed E-state index contributed by atoms with van der Waals surface area (Å²) < 4.78 is 9.20. The van der Waals surface area contributed by atoms with Gasteiger partial charge in [-0.2, -0.15) is 0 Å². The van der Waals surface area contributed by atoms with Crippen molar-refractivity contribution in [3.05, 3.63) is 105 Å². The lowest BCUT2D eigenvalue weighted by atomic mass is 10.1. The van der Waals surface area contributed by atoms with Crippen LogP contribution in [-0.2, 0) is 6.61 Å². The standard InChI is InChI=1S/C26H21BrClNO3/c1-16-12-21(28)9-7-19(16)15-32-25-11-8-20(27)14-23(25)24-10-6-17(2)29(24)22-5-3-4-18(13-22)26(30)31/h3-14H,15H2,1-2H3,(H,30,31). The molecule has 0 atom stereocenters. The van der Waals surface area contributed by atoms with Gasteiger partial charge in [0.25, 0.3) is 0 Å². The van der Waals surface area contributed by atoms with E-state index in [1.54, 1.807) is 18.2 Å². The highest BCUT2D eigenvalue weighted by molar-refractivity contribution is 9.10. The molecule has 3 aromatic carbocycles. The van der Waals surface area contributed by atoms with Crippen LogP contribution in [-0.4, -0.2) is 15.6 Å². The molecule has 1 aromatic heterocycles. The molecular weight excluding hydrogens is 490 g/mol. The van der Waals surface area contributed by atoms with Gasteiger partial charge in [-0.3, -0.25) is 0 Å². The zero-order valence-electron chi connectivity index (χ0n) is 17.6. The lowest BCUT2D eigenvalue weighted by molar-refractivity contribution is 0.0697. The van der Waals surface area contributed by atoms with Crippen LogP contribution < -0.4 is 4.74 Å². The molecule has 4 aromatic rings. The summed E-state index contributed by atoms with van der Waals surface area (Å²) in [5.74, 6) is -0.223. The minimum atomic E-state index is -0.956. The van der Waals surface area contributed by atoms with Gasteiger partial charge in [-0.05, 0) is 85.6 Å². The molecule has 0 bridgehead atoms. The number of aryl methyl sites for hydroxylation is 2. The van der Waals surface area contributed by atoms with Crippen LogP contribution >= 0.6 is 27.5 Å². The zero-order valence-corrected chi connectivity index (χ0v) is 19.9. The number of hydrogen-bond donors (Lipinski definition) is 1. The number of carbonyl (C=O) groups is 1. The van der Waals surface area contributed by atoms with Gasteiger partial charge in [-0.1, -0.05) is 39.7 Å². The van der Waals surface area contributed by atoms with Gasteiger partial charge in [0, 0.05) is 26.4 Å². The molecule has 162 valence electrons. The van der Waals surface area contributed by atoms with Crippen molar-refractivity contribution in [1.82, 2.24) is 4.57 Å². The molecule has 0 saturated heterocycles. The molecule has 0 aliphatic rings. The smallest absolute Gasteiger partial charge is 0.335 e. The number of carboxylic acids is 1. The largest absolute Gasteiger partial charge is 0.488 e. The average molecular weight is 511 g/mol. The third-order valence-corrected chi connectivity index (χ3v) is 6.06. The van der Waals surface area contributed by atoms with Gasteiger partial charge in [0.2, 0.25) is 0 Å². The summed E-state index contributed by atoms with van der Waals surface area (Å²) in [6.45, 7) is 4.41. The Morgan fingerprint density at radius 2 is 1.84 bits per heavy atom. The number of nitrogens with zero attached hydrogens (tertiary/aromatic N) is 1. The third kappa shape index (κ3) is 4.59. The summed E-state index contributed by atoms with van der Waals surface area (Å²) in [4.78, 5) is 11.5. The first kappa shape index (κ1) is 22.2. The number of benzene rings is 3. The molecule has 0 aliphatic carbocycles. The topological polar surface area (TPSA) is 51.5 Å². The predicted molar refractivity (Wildman–Crippen MR) is 131 cm³/mol. The lowest BCUT2D eigenvalue weighted by Gasteiger charge is -2.17. The summed E-state index contributed by atoms with van der Waals surface area (Å²) in [6.07, 6.45) is 0. The minimum absolute atomic E-state index is 0.241. The van der Waals surface area contributed by atoms with Crippen LogP contribution in [0.15, 0.2) is 77.3 Å². The number of hydrogen-bond acceptors (Lipinski definition) is 2. The molecule has 0 aliphatic heterocycles. The summed E-state index contributed by atoms with van der Waals surface area (Å²) in [5, 5.41) is 10.1. The fraction of sp³-hybridized carbons (Fsp3) is 0.115. The van der Waals surface area contributed by atoms with E-state index in [1.165, 1.54) is 0 Å². The molecule has 32 heavy (non-hydrogen) atoms. The van der Waals surface area contributed by atoms with Gasteiger partial charge in [0.1, 0.15) is 12.4 Å². The molecule has 0 fully saturated rings. The Labute approximate surface area is 200 Å². The summed E-state index contributed by atoms with van der Waals surface area (Å²) in [5.41, 5.74) is 5.95. The Morgan fingerprint density at radius 1 is 1.03 bits per heavy atom. The van der Waals surface area contributed by atoms with Gasteiger partial charge in [-0.15, -0.1) is 0 Å². The van der Waals surface area contributed by atoms with E-state index in [2.05, 4.69) is 15.9 Å². The van der Waals surface area contributed by atoms with E-state index in [1.807, 2.05) is 73.0 Å². The van der Waals surface area contributed by atoms with Crippen molar-refractivity contribution < 1.29 is 14.6 Å². The van der Waals surface area contributed by atoms with Crippen LogP contribution in [0.25, 0.3) is 16.9 Å². The molecular formula is C26H21BrClNO3. The zero-order chi connectivity index (χ0) is 22.8. The van der Waals surface area contributed by atoms with Crippen LogP contribution in [0.5, 0.6) is 5.75 Å². The maximum absolute atomic E-state index is 11.5. The van der Waals surface area contributed by atoms with Crippen molar-refractivity contribution in [3.63, 3.8) is 0 Å². The first-order valence-electron chi connectivity index (χ1n) is 10.0. The van der Waals surface area contributed by atoms with Gasteiger partial charge < -0.3 is 14.4 Å². The molecule has 4 nitrogen and oxygen atoms in total. The number of aromatic nitrogens is 1. The number of carboxylic acid groups (broad SMARTS) is 1. The molecule has 6 heteroatoms. The van der Waals surface area contributed by atoms with Crippen molar-refractivity contribution >= 4 is 33.5 Å². The second kappa shape index (κ2) is 9.23. The first-order chi connectivity index (χ1) is 15.3. The molecule has 4 rings (SSSR count). The normalized spacial score (nSPS) is 10.9. The highest BCUT2D eigenvalue weighted by atomic mass is 79.9. The fourth-order valence-corrected chi connectivity index (χ4v) is 4.26. The van der Waals surface area contributed by atoms with E-state index in [0.717, 1.165) is 44.0 Å². The van der Waals surface area contributed by atoms with Crippen LogP contribution in [0.2, 0.25) is 5.02 Å². The minimum Gasteiger partial charge on any atom is -0.488 e. The van der Waals surface area contributed by atoms with Crippen molar-refractivity contribution in [2.24, 2.45) is 0 Å². The molecule has 1 N–H and O–H groups in total. The highest BCUT2D eigenvalue weighted by Gasteiger charge is 2.16. The van der Waals surface area contributed by atoms with Crippen LogP contribution in [0, 0.1) is 13.8 Å². The highest BCUT2D eigenvalue weighted by Crippen LogP contribution is 2.36. The van der Waals surface area contributed by atoms with E-state index in [0.29, 0.717) is 11.6 Å². The van der Waals surface area contributed by atoms with E-state index >= 15 is 0 Å².